The number of hydrogen-bond donors (Lipinski definition) is 1. The summed E-state index contributed by atoms with van der Waals surface area (Å²) in [6, 6.07) is 11.6. The van der Waals surface area contributed by atoms with E-state index < -0.39 is 0 Å². The number of rotatable bonds is 3. The average molecular weight is 367 g/mol. The summed E-state index contributed by atoms with van der Waals surface area (Å²) < 4.78 is 1.82. The summed E-state index contributed by atoms with van der Waals surface area (Å²) in [5.41, 5.74) is 1.71. The van der Waals surface area contributed by atoms with Crippen molar-refractivity contribution >= 4 is 37.7 Å². The van der Waals surface area contributed by atoms with Gasteiger partial charge in [-0.15, -0.1) is 0 Å². The first-order valence-corrected chi connectivity index (χ1v) is 6.81. The molecule has 2 aromatic rings. The summed E-state index contributed by atoms with van der Waals surface area (Å²) in [4.78, 5) is 4.27. The Morgan fingerprint density at radius 2 is 2.11 bits per heavy atom. The third kappa shape index (κ3) is 3.31. The van der Waals surface area contributed by atoms with Gasteiger partial charge >= 0.3 is 0 Å². The van der Waals surface area contributed by atoms with E-state index in [1.165, 1.54) is 0 Å². The molecule has 3 nitrogen and oxygen atoms in total. The van der Waals surface area contributed by atoms with Crippen LogP contribution in [0.2, 0.25) is 0 Å². The van der Waals surface area contributed by atoms with Crippen LogP contribution in [0, 0.1) is 11.3 Å². The zero-order chi connectivity index (χ0) is 13.0. The van der Waals surface area contributed by atoms with Crippen LogP contribution in [0.15, 0.2) is 45.5 Å². The molecule has 0 saturated heterocycles. The minimum Gasteiger partial charge on any atom is -0.365 e. The Bertz CT molecular complexity index is 605. The van der Waals surface area contributed by atoms with Crippen molar-refractivity contribution in [2.45, 2.75) is 6.54 Å². The van der Waals surface area contributed by atoms with Gasteiger partial charge in [0.15, 0.2) is 0 Å². The molecule has 0 saturated carbocycles. The van der Waals surface area contributed by atoms with Crippen LogP contribution in [0.25, 0.3) is 0 Å². The first-order chi connectivity index (χ1) is 8.69. The van der Waals surface area contributed by atoms with Crippen molar-refractivity contribution in [3.8, 4) is 6.07 Å². The number of nitrogens with one attached hydrogen (secondary N) is 1. The molecule has 0 aliphatic carbocycles. The summed E-state index contributed by atoms with van der Waals surface area (Å²) in [6.07, 6.45) is 1.73. The Labute approximate surface area is 122 Å². The number of benzene rings is 1. The van der Waals surface area contributed by atoms with Gasteiger partial charge in [-0.25, -0.2) is 4.98 Å². The van der Waals surface area contributed by atoms with Crippen LogP contribution in [0.4, 0.5) is 5.82 Å². The van der Waals surface area contributed by atoms with E-state index in [2.05, 4.69) is 48.2 Å². The highest BCUT2D eigenvalue weighted by molar-refractivity contribution is 9.11. The van der Waals surface area contributed by atoms with Crippen molar-refractivity contribution in [2.24, 2.45) is 0 Å². The molecule has 5 heteroatoms. The number of pyridine rings is 1. The number of nitriles is 1. The molecule has 0 aliphatic heterocycles. The normalized spacial score (nSPS) is 9.83. The molecule has 2 rings (SSSR count). The van der Waals surface area contributed by atoms with E-state index in [0.29, 0.717) is 12.1 Å². The second-order valence-electron chi connectivity index (χ2n) is 3.65. The Morgan fingerprint density at radius 1 is 1.28 bits per heavy atom. The smallest absolute Gasteiger partial charge is 0.140 e. The Morgan fingerprint density at radius 3 is 2.83 bits per heavy atom. The van der Waals surface area contributed by atoms with E-state index in [9.17, 15) is 0 Å². The van der Waals surface area contributed by atoms with Crippen molar-refractivity contribution in [3.63, 3.8) is 0 Å². The second kappa shape index (κ2) is 5.98. The molecule has 0 radical (unpaired) electrons. The molecule has 0 unspecified atom stereocenters. The molecule has 18 heavy (non-hydrogen) atoms. The van der Waals surface area contributed by atoms with Crippen molar-refractivity contribution in [3.05, 3.63) is 56.6 Å². The van der Waals surface area contributed by atoms with Crippen LogP contribution in [-0.2, 0) is 6.54 Å². The molecule has 1 aromatic carbocycles. The van der Waals surface area contributed by atoms with Gasteiger partial charge in [0.2, 0.25) is 0 Å². The quantitative estimate of drug-likeness (QED) is 0.889. The fourth-order valence-electron chi connectivity index (χ4n) is 1.48. The average Bonchev–Trinajstić information content (AvgIpc) is 2.38. The van der Waals surface area contributed by atoms with Crippen LogP contribution in [0.1, 0.15) is 11.1 Å². The predicted molar refractivity (Wildman–Crippen MR) is 78.1 cm³/mol. The minimum absolute atomic E-state index is 0.628. The Kier molecular flexibility index (Phi) is 4.34. The second-order valence-corrected chi connectivity index (χ2v) is 5.42. The molecule has 0 bridgehead atoms. The van der Waals surface area contributed by atoms with Crippen LogP contribution in [0.3, 0.4) is 0 Å². The number of aromatic nitrogens is 1. The first kappa shape index (κ1) is 13.1. The fourth-order valence-corrected chi connectivity index (χ4v) is 2.61. The molecule has 1 aromatic heterocycles. The molecule has 0 aliphatic rings. The highest BCUT2D eigenvalue weighted by atomic mass is 79.9. The van der Waals surface area contributed by atoms with Gasteiger partial charge in [-0.2, -0.15) is 5.26 Å². The Balaban J connectivity index is 2.09. The zero-order valence-electron chi connectivity index (χ0n) is 9.32. The summed E-state index contributed by atoms with van der Waals surface area (Å²) in [5, 5.41) is 12.0. The lowest BCUT2D eigenvalue weighted by Crippen LogP contribution is -2.02. The van der Waals surface area contributed by atoms with Crippen molar-refractivity contribution in [1.82, 2.24) is 4.98 Å². The van der Waals surface area contributed by atoms with Gasteiger partial charge in [0.25, 0.3) is 0 Å². The first-order valence-electron chi connectivity index (χ1n) is 5.23. The maximum atomic E-state index is 8.83. The van der Waals surface area contributed by atoms with Crippen molar-refractivity contribution in [2.75, 3.05) is 5.32 Å². The fraction of sp³-hybridized carbons (Fsp3) is 0.0769. The highest BCUT2D eigenvalue weighted by Crippen LogP contribution is 2.23. The van der Waals surface area contributed by atoms with E-state index in [1.807, 2.05) is 24.3 Å². The number of anilines is 1. The lowest BCUT2D eigenvalue weighted by atomic mass is 10.1. The van der Waals surface area contributed by atoms with Crippen LogP contribution in [-0.4, -0.2) is 4.98 Å². The van der Waals surface area contributed by atoms with Gasteiger partial charge in [0, 0.05) is 17.2 Å². The molecule has 1 heterocycles. The van der Waals surface area contributed by atoms with Crippen molar-refractivity contribution in [1.29, 1.82) is 5.26 Å². The highest BCUT2D eigenvalue weighted by Gasteiger charge is 2.02. The van der Waals surface area contributed by atoms with Gasteiger partial charge in [0.05, 0.1) is 16.1 Å². The van der Waals surface area contributed by atoms with Gasteiger partial charge in [-0.3, -0.25) is 0 Å². The largest absolute Gasteiger partial charge is 0.365 e. The Hall–Kier alpha value is -1.38. The maximum Gasteiger partial charge on any atom is 0.140 e. The van der Waals surface area contributed by atoms with Gasteiger partial charge in [-0.05, 0) is 55.6 Å². The van der Waals surface area contributed by atoms with Gasteiger partial charge in [-0.1, -0.05) is 12.1 Å². The molecular weight excluding hydrogens is 358 g/mol. The molecule has 0 atom stereocenters. The molecule has 0 spiro atoms. The number of hydrogen-bond acceptors (Lipinski definition) is 3. The predicted octanol–water partition coefficient (Wildman–Crippen LogP) is 4.09. The summed E-state index contributed by atoms with van der Waals surface area (Å²) in [5.74, 6) is 0.778. The molecule has 0 amide bonds. The third-order valence-electron chi connectivity index (χ3n) is 2.32. The lowest BCUT2D eigenvalue weighted by molar-refractivity contribution is 1.10. The summed E-state index contributed by atoms with van der Waals surface area (Å²) in [6.45, 7) is 0.628. The SMILES string of the molecule is N#Cc1cccc(CNc2ncc(Br)cc2Br)c1. The molecule has 0 fully saturated rings. The lowest BCUT2D eigenvalue weighted by Gasteiger charge is -2.08. The molecule has 1 N–H and O–H groups in total. The molecule has 90 valence electrons. The van der Waals surface area contributed by atoms with E-state index in [1.54, 1.807) is 12.3 Å². The topological polar surface area (TPSA) is 48.7 Å². The number of nitrogens with zero attached hydrogens (tertiary/aromatic N) is 2. The van der Waals surface area contributed by atoms with E-state index in [-0.39, 0.29) is 0 Å². The third-order valence-corrected chi connectivity index (χ3v) is 3.36. The van der Waals surface area contributed by atoms with Crippen LogP contribution in [0.5, 0.6) is 0 Å². The zero-order valence-corrected chi connectivity index (χ0v) is 12.5. The van der Waals surface area contributed by atoms with Crippen LogP contribution < -0.4 is 5.32 Å². The van der Waals surface area contributed by atoms with Crippen LogP contribution >= 0.6 is 31.9 Å². The standard InChI is InChI=1S/C13H9Br2N3/c14-11-5-12(15)13(18-8-11)17-7-10-3-1-2-9(4-10)6-16/h1-5,8H,7H2,(H,17,18). The summed E-state index contributed by atoms with van der Waals surface area (Å²) in [7, 11) is 0. The number of halogens is 2. The van der Waals surface area contributed by atoms with E-state index in [0.717, 1.165) is 20.3 Å². The minimum atomic E-state index is 0.628. The van der Waals surface area contributed by atoms with E-state index in [4.69, 9.17) is 5.26 Å². The monoisotopic (exact) mass is 365 g/mol. The molecular formula is C13H9Br2N3. The van der Waals surface area contributed by atoms with Gasteiger partial charge in [0.1, 0.15) is 5.82 Å². The maximum absolute atomic E-state index is 8.83. The summed E-state index contributed by atoms with van der Waals surface area (Å²) >= 11 is 6.80. The van der Waals surface area contributed by atoms with Gasteiger partial charge < -0.3 is 5.32 Å². The van der Waals surface area contributed by atoms with E-state index >= 15 is 0 Å². The van der Waals surface area contributed by atoms with Crippen molar-refractivity contribution < 1.29 is 0 Å².